The number of halogens is 1. The van der Waals surface area contributed by atoms with Gasteiger partial charge in [0, 0.05) is 11.6 Å². The first-order chi connectivity index (χ1) is 9.01. The van der Waals surface area contributed by atoms with E-state index < -0.39 is 10.0 Å². The molecule has 0 radical (unpaired) electrons. The molecular weight excluding hydrogens is 282 g/mol. The number of anilines is 1. The summed E-state index contributed by atoms with van der Waals surface area (Å²) in [7, 11) is -3.55. The third-order valence-corrected chi connectivity index (χ3v) is 4.32. The minimum Gasteiger partial charge on any atom is -0.280 e. The van der Waals surface area contributed by atoms with Crippen molar-refractivity contribution in [2.24, 2.45) is 0 Å². The molecule has 2 aromatic carbocycles. The van der Waals surface area contributed by atoms with E-state index in [1.807, 2.05) is 19.1 Å². The van der Waals surface area contributed by atoms with E-state index in [0.29, 0.717) is 11.6 Å². The average molecular weight is 296 g/mol. The largest absolute Gasteiger partial charge is 0.280 e. The van der Waals surface area contributed by atoms with Crippen LogP contribution in [-0.2, 0) is 15.9 Å². The molecular formula is C14H14ClNO2S. The maximum absolute atomic E-state index is 12.2. The van der Waals surface area contributed by atoms with Gasteiger partial charge in [0.2, 0.25) is 0 Å². The monoisotopic (exact) mass is 295 g/mol. The number of nitrogens with one attached hydrogen (secondary N) is 1. The Labute approximate surface area is 118 Å². The van der Waals surface area contributed by atoms with E-state index >= 15 is 0 Å². The molecule has 0 heterocycles. The fraction of sp³-hybridized carbons (Fsp3) is 0.143. The van der Waals surface area contributed by atoms with E-state index in [0.717, 1.165) is 11.1 Å². The lowest BCUT2D eigenvalue weighted by Crippen LogP contribution is -2.13. The highest BCUT2D eigenvalue weighted by atomic mass is 35.5. The van der Waals surface area contributed by atoms with Crippen LogP contribution in [0.1, 0.15) is 11.1 Å². The van der Waals surface area contributed by atoms with Gasteiger partial charge in [0.25, 0.3) is 10.0 Å². The Morgan fingerprint density at radius 3 is 2.53 bits per heavy atom. The van der Waals surface area contributed by atoms with Gasteiger partial charge in [-0.15, -0.1) is 11.6 Å². The van der Waals surface area contributed by atoms with Gasteiger partial charge >= 0.3 is 0 Å². The zero-order valence-electron chi connectivity index (χ0n) is 10.4. The van der Waals surface area contributed by atoms with E-state index in [9.17, 15) is 8.42 Å². The Balaban J connectivity index is 2.31. The quantitative estimate of drug-likeness (QED) is 0.877. The van der Waals surface area contributed by atoms with Crippen molar-refractivity contribution in [3.8, 4) is 0 Å². The average Bonchev–Trinajstić information content (AvgIpc) is 2.38. The van der Waals surface area contributed by atoms with Gasteiger partial charge in [0.05, 0.1) is 4.90 Å². The van der Waals surface area contributed by atoms with Crippen molar-refractivity contribution in [2.45, 2.75) is 17.7 Å². The third-order valence-electron chi connectivity index (χ3n) is 2.63. The van der Waals surface area contributed by atoms with Crippen LogP contribution in [-0.4, -0.2) is 8.42 Å². The van der Waals surface area contributed by atoms with Gasteiger partial charge in [-0.25, -0.2) is 8.42 Å². The van der Waals surface area contributed by atoms with Gasteiger partial charge < -0.3 is 0 Å². The Kier molecular flexibility index (Phi) is 4.12. The highest BCUT2D eigenvalue weighted by Gasteiger charge is 2.14. The summed E-state index contributed by atoms with van der Waals surface area (Å²) in [6, 6.07) is 13.8. The first kappa shape index (κ1) is 13.9. The van der Waals surface area contributed by atoms with Crippen LogP contribution in [0.4, 0.5) is 5.69 Å². The van der Waals surface area contributed by atoms with Crippen LogP contribution in [0.5, 0.6) is 0 Å². The molecule has 2 aromatic rings. The van der Waals surface area contributed by atoms with Crippen LogP contribution in [0.2, 0.25) is 0 Å². The van der Waals surface area contributed by atoms with Crippen molar-refractivity contribution in [2.75, 3.05) is 4.72 Å². The number of alkyl halides is 1. The van der Waals surface area contributed by atoms with Crippen LogP contribution < -0.4 is 4.72 Å². The Hall–Kier alpha value is -1.52. The Bertz CT molecular complexity index is 683. The lowest BCUT2D eigenvalue weighted by atomic mass is 10.2. The zero-order valence-corrected chi connectivity index (χ0v) is 12.0. The van der Waals surface area contributed by atoms with Gasteiger partial charge in [0.1, 0.15) is 0 Å². The molecule has 0 fully saturated rings. The van der Waals surface area contributed by atoms with Crippen LogP contribution in [0.25, 0.3) is 0 Å². The van der Waals surface area contributed by atoms with E-state index in [1.54, 1.807) is 36.4 Å². The highest BCUT2D eigenvalue weighted by molar-refractivity contribution is 7.92. The molecule has 19 heavy (non-hydrogen) atoms. The molecule has 0 spiro atoms. The fourth-order valence-electron chi connectivity index (χ4n) is 1.71. The van der Waals surface area contributed by atoms with Gasteiger partial charge in [-0.05, 0) is 42.3 Å². The van der Waals surface area contributed by atoms with Crippen LogP contribution in [0, 0.1) is 6.92 Å². The number of sulfonamides is 1. The molecule has 2 rings (SSSR count). The summed E-state index contributed by atoms with van der Waals surface area (Å²) in [4.78, 5) is 0.253. The Morgan fingerprint density at radius 1 is 1.11 bits per heavy atom. The van der Waals surface area contributed by atoms with Crippen molar-refractivity contribution in [3.05, 3.63) is 59.7 Å². The molecule has 0 aliphatic rings. The molecule has 100 valence electrons. The van der Waals surface area contributed by atoms with Gasteiger partial charge in [-0.3, -0.25) is 4.72 Å². The number of hydrogen-bond acceptors (Lipinski definition) is 2. The molecule has 0 atom stereocenters. The maximum Gasteiger partial charge on any atom is 0.261 e. The molecule has 0 saturated heterocycles. The van der Waals surface area contributed by atoms with E-state index in [4.69, 9.17) is 11.6 Å². The van der Waals surface area contributed by atoms with Gasteiger partial charge in [0.15, 0.2) is 0 Å². The van der Waals surface area contributed by atoms with Gasteiger partial charge in [-0.2, -0.15) is 0 Å². The zero-order chi connectivity index (χ0) is 13.9. The van der Waals surface area contributed by atoms with E-state index in [2.05, 4.69) is 4.72 Å². The molecule has 0 bridgehead atoms. The van der Waals surface area contributed by atoms with Crippen molar-refractivity contribution in [3.63, 3.8) is 0 Å². The standard InChI is InChI=1S/C14H14ClNO2S/c1-11-4-2-7-14(8-11)19(17,18)16-13-6-3-5-12(9-13)10-15/h2-9,16H,10H2,1H3. The summed E-state index contributed by atoms with van der Waals surface area (Å²) in [5, 5.41) is 0. The first-order valence-corrected chi connectivity index (χ1v) is 7.77. The summed E-state index contributed by atoms with van der Waals surface area (Å²) in [5.41, 5.74) is 2.28. The second kappa shape index (κ2) is 5.63. The topological polar surface area (TPSA) is 46.2 Å². The summed E-state index contributed by atoms with van der Waals surface area (Å²) in [6.45, 7) is 1.85. The molecule has 0 aromatic heterocycles. The van der Waals surface area contributed by atoms with Crippen molar-refractivity contribution in [1.82, 2.24) is 0 Å². The second-order valence-corrected chi connectivity index (χ2v) is 6.21. The number of rotatable bonds is 4. The molecule has 1 N–H and O–H groups in total. The van der Waals surface area contributed by atoms with E-state index in [-0.39, 0.29) is 4.90 Å². The van der Waals surface area contributed by atoms with Crippen LogP contribution in [0.15, 0.2) is 53.4 Å². The maximum atomic E-state index is 12.2. The molecule has 0 aliphatic heterocycles. The van der Waals surface area contributed by atoms with Crippen molar-refractivity contribution >= 4 is 27.3 Å². The fourth-order valence-corrected chi connectivity index (χ4v) is 3.03. The van der Waals surface area contributed by atoms with Crippen LogP contribution >= 0.6 is 11.6 Å². The summed E-state index contributed by atoms with van der Waals surface area (Å²) < 4.78 is 27.0. The Morgan fingerprint density at radius 2 is 1.84 bits per heavy atom. The first-order valence-electron chi connectivity index (χ1n) is 5.76. The summed E-state index contributed by atoms with van der Waals surface area (Å²) in [5.74, 6) is 0.347. The number of hydrogen-bond donors (Lipinski definition) is 1. The molecule has 0 unspecified atom stereocenters. The predicted octanol–water partition coefficient (Wildman–Crippen LogP) is 3.53. The highest BCUT2D eigenvalue weighted by Crippen LogP contribution is 2.18. The number of benzene rings is 2. The minimum atomic E-state index is -3.55. The molecule has 0 aliphatic carbocycles. The molecule has 0 amide bonds. The lowest BCUT2D eigenvalue weighted by Gasteiger charge is -2.09. The van der Waals surface area contributed by atoms with E-state index in [1.165, 1.54) is 0 Å². The lowest BCUT2D eigenvalue weighted by molar-refractivity contribution is 0.601. The normalized spacial score (nSPS) is 11.3. The summed E-state index contributed by atoms with van der Waals surface area (Å²) >= 11 is 5.73. The summed E-state index contributed by atoms with van der Waals surface area (Å²) in [6.07, 6.45) is 0. The SMILES string of the molecule is Cc1cccc(S(=O)(=O)Nc2cccc(CCl)c2)c1. The number of aryl methyl sites for hydroxylation is 1. The molecule has 3 nitrogen and oxygen atoms in total. The minimum absolute atomic E-state index is 0.253. The van der Waals surface area contributed by atoms with Crippen molar-refractivity contribution in [1.29, 1.82) is 0 Å². The predicted molar refractivity (Wildman–Crippen MR) is 78.0 cm³/mol. The van der Waals surface area contributed by atoms with Crippen LogP contribution in [0.3, 0.4) is 0 Å². The van der Waals surface area contributed by atoms with Gasteiger partial charge in [-0.1, -0.05) is 24.3 Å². The third kappa shape index (κ3) is 3.49. The smallest absolute Gasteiger partial charge is 0.261 e. The van der Waals surface area contributed by atoms with Crippen molar-refractivity contribution < 1.29 is 8.42 Å². The molecule has 0 saturated carbocycles. The second-order valence-electron chi connectivity index (χ2n) is 4.26. The molecule has 5 heteroatoms.